The number of hydrogen-bond acceptors (Lipinski definition) is 5. The molecule has 0 bridgehead atoms. The van der Waals surface area contributed by atoms with Crippen LogP contribution >= 0.6 is 11.8 Å². The van der Waals surface area contributed by atoms with Gasteiger partial charge in [-0.05, 0) is 49.2 Å². The van der Waals surface area contributed by atoms with Crippen molar-refractivity contribution in [3.05, 3.63) is 70.8 Å². The highest BCUT2D eigenvalue weighted by Crippen LogP contribution is 2.27. The summed E-state index contributed by atoms with van der Waals surface area (Å²) in [6.45, 7) is 4.13. The molecular formula is C22H22FN5O2S. The van der Waals surface area contributed by atoms with Gasteiger partial charge in [0, 0.05) is 30.3 Å². The number of halogens is 1. The van der Waals surface area contributed by atoms with Crippen LogP contribution in [0.4, 0.5) is 9.18 Å². The maximum atomic E-state index is 13.5. The Kier molecular flexibility index (Phi) is 6.03. The van der Waals surface area contributed by atoms with Crippen LogP contribution in [-0.4, -0.2) is 32.7 Å². The third kappa shape index (κ3) is 4.93. The molecule has 2 aromatic carbocycles. The van der Waals surface area contributed by atoms with Gasteiger partial charge in [0.15, 0.2) is 5.16 Å². The van der Waals surface area contributed by atoms with Crippen LogP contribution in [0.3, 0.4) is 0 Å². The number of benzene rings is 2. The summed E-state index contributed by atoms with van der Waals surface area (Å²) < 4.78 is 15.4. The summed E-state index contributed by atoms with van der Waals surface area (Å²) in [5.74, 6) is 0.635. The summed E-state index contributed by atoms with van der Waals surface area (Å²) >= 11 is 1.53. The molecule has 7 nitrogen and oxygen atoms in total. The topological polar surface area (TPSA) is 88.9 Å². The molecule has 31 heavy (non-hydrogen) atoms. The van der Waals surface area contributed by atoms with Crippen LogP contribution in [0.5, 0.6) is 0 Å². The van der Waals surface area contributed by atoms with Crippen molar-refractivity contribution in [3.8, 4) is 5.69 Å². The van der Waals surface area contributed by atoms with Crippen LogP contribution in [-0.2, 0) is 17.0 Å². The second-order valence-corrected chi connectivity index (χ2v) is 8.50. The Bertz CT molecular complexity index is 1110. The SMILES string of the molecule is Cc1ccc(C)c(CSc2nnc(CC3CC(=O)NC(=O)N3)n2-c2ccc(F)cc2)c1. The lowest BCUT2D eigenvalue weighted by Crippen LogP contribution is -2.53. The van der Waals surface area contributed by atoms with Gasteiger partial charge in [-0.3, -0.25) is 14.7 Å². The highest BCUT2D eigenvalue weighted by Gasteiger charge is 2.26. The van der Waals surface area contributed by atoms with E-state index in [2.05, 4.69) is 52.9 Å². The van der Waals surface area contributed by atoms with Gasteiger partial charge in [0.1, 0.15) is 11.6 Å². The first kappa shape index (κ1) is 21.0. The standard InChI is InChI=1S/C22H22FN5O2S/c1-13-3-4-14(2)15(9-13)12-31-22-27-26-19(10-17-11-20(29)25-21(30)24-17)28(22)18-7-5-16(23)6-8-18/h3-9,17H,10-12H2,1-2H3,(H2,24,25,29,30). The molecule has 1 atom stereocenters. The number of aryl methyl sites for hydroxylation is 2. The number of aromatic nitrogens is 3. The van der Waals surface area contributed by atoms with Gasteiger partial charge in [-0.15, -0.1) is 10.2 Å². The molecule has 1 aromatic heterocycles. The lowest BCUT2D eigenvalue weighted by molar-refractivity contribution is -0.121. The molecule has 2 heterocycles. The molecule has 1 unspecified atom stereocenters. The van der Waals surface area contributed by atoms with Crippen LogP contribution in [0.2, 0.25) is 0 Å². The number of rotatable bonds is 6. The maximum absolute atomic E-state index is 13.5. The van der Waals surface area contributed by atoms with Crippen molar-refractivity contribution in [2.45, 2.75) is 43.6 Å². The number of amides is 3. The van der Waals surface area contributed by atoms with E-state index in [1.807, 2.05) is 4.57 Å². The fourth-order valence-corrected chi connectivity index (χ4v) is 4.53. The lowest BCUT2D eigenvalue weighted by Gasteiger charge is -2.23. The molecule has 1 fully saturated rings. The van der Waals surface area contributed by atoms with E-state index in [-0.39, 0.29) is 24.2 Å². The zero-order valence-corrected chi connectivity index (χ0v) is 18.0. The molecule has 3 amide bonds. The zero-order valence-electron chi connectivity index (χ0n) is 17.2. The lowest BCUT2D eigenvalue weighted by atomic mass is 10.1. The second kappa shape index (κ2) is 8.89. The number of carbonyl (C=O) groups is 2. The Balaban J connectivity index is 1.63. The van der Waals surface area contributed by atoms with Gasteiger partial charge in [-0.1, -0.05) is 35.5 Å². The molecule has 1 saturated heterocycles. The summed E-state index contributed by atoms with van der Waals surface area (Å²) in [6.07, 6.45) is 0.487. The van der Waals surface area contributed by atoms with E-state index in [1.165, 1.54) is 40.6 Å². The van der Waals surface area contributed by atoms with Crippen molar-refractivity contribution in [3.63, 3.8) is 0 Å². The van der Waals surface area contributed by atoms with Crippen molar-refractivity contribution in [2.75, 3.05) is 0 Å². The summed E-state index contributed by atoms with van der Waals surface area (Å²) in [4.78, 5) is 23.4. The number of nitrogens with one attached hydrogen (secondary N) is 2. The fourth-order valence-electron chi connectivity index (χ4n) is 3.49. The number of nitrogens with zero attached hydrogens (tertiary/aromatic N) is 3. The van der Waals surface area contributed by atoms with Crippen LogP contribution < -0.4 is 10.6 Å². The summed E-state index contributed by atoms with van der Waals surface area (Å²) in [7, 11) is 0. The molecule has 0 radical (unpaired) electrons. The molecule has 0 spiro atoms. The number of imide groups is 1. The quantitative estimate of drug-likeness (QED) is 0.575. The van der Waals surface area contributed by atoms with E-state index >= 15 is 0 Å². The Morgan fingerprint density at radius 2 is 1.90 bits per heavy atom. The van der Waals surface area contributed by atoms with Crippen LogP contribution in [0.25, 0.3) is 5.69 Å². The third-order valence-corrected chi connectivity index (χ3v) is 6.07. The van der Waals surface area contributed by atoms with Crippen molar-refractivity contribution in [1.29, 1.82) is 0 Å². The van der Waals surface area contributed by atoms with E-state index in [1.54, 1.807) is 12.1 Å². The summed E-state index contributed by atoms with van der Waals surface area (Å²) in [5.41, 5.74) is 4.31. The highest BCUT2D eigenvalue weighted by atomic mass is 32.2. The normalized spacial score (nSPS) is 16.2. The van der Waals surface area contributed by atoms with E-state index in [9.17, 15) is 14.0 Å². The average Bonchev–Trinajstić information content (AvgIpc) is 3.11. The summed E-state index contributed by atoms with van der Waals surface area (Å²) in [5, 5.41) is 14.3. The Labute approximate surface area is 183 Å². The minimum absolute atomic E-state index is 0.160. The number of carbonyl (C=O) groups excluding carboxylic acids is 2. The smallest absolute Gasteiger partial charge is 0.321 e. The first-order chi connectivity index (χ1) is 14.9. The molecule has 160 valence electrons. The molecule has 9 heteroatoms. The third-order valence-electron chi connectivity index (χ3n) is 5.10. The molecule has 1 aliphatic heterocycles. The van der Waals surface area contributed by atoms with Gasteiger partial charge in [-0.25, -0.2) is 9.18 Å². The van der Waals surface area contributed by atoms with E-state index in [4.69, 9.17) is 0 Å². The first-order valence-electron chi connectivity index (χ1n) is 9.88. The van der Waals surface area contributed by atoms with Gasteiger partial charge in [0.2, 0.25) is 5.91 Å². The van der Waals surface area contributed by atoms with Crippen molar-refractivity contribution < 1.29 is 14.0 Å². The van der Waals surface area contributed by atoms with Gasteiger partial charge in [0.05, 0.1) is 0 Å². The Morgan fingerprint density at radius 3 is 2.65 bits per heavy atom. The number of urea groups is 1. The van der Waals surface area contributed by atoms with Gasteiger partial charge in [0.25, 0.3) is 0 Å². The molecule has 3 aromatic rings. The van der Waals surface area contributed by atoms with Crippen LogP contribution in [0.1, 0.15) is 28.9 Å². The highest BCUT2D eigenvalue weighted by molar-refractivity contribution is 7.98. The minimum atomic E-state index is -0.515. The van der Waals surface area contributed by atoms with Gasteiger partial charge < -0.3 is 5.32 Å². The van der Waals surface area contributed by atoms with Crippen molar-refractivity contribution in [1.82, 2.24) is 25.4 Å². The number of thioether (sulfide) groups is 1. The number of hydrogen-bond donors (Lipinski definition) is 2. The van der Waals surface area contributed by atoms with E-state index in [0.29, 0.717) is 23.2 Å². The van der Waals surface area contributed by atoms with Gasteiger partial charge >= 0.3 is 6.03 Å². The predicted molar refractivity (Wildman–Crippen MR) is 116 cm³/mol. The minimum Gasteiger partial charge on any atom is -0.334 e. The second-order valence-electron chi connectivity index (χ2n) is 7.56. The first-order valence-corrected chi connectivity index (χ1v) is 10.9. The largest absolute Gasteiger partial charge is 0.334 e. The molecule has 2 N–H and O–H groups in total. The average molecular weight is 440 g/mol. The molecule has 0 saturated carbocycles. The zero-order chi connectivity index (χ0) is 22.0. The summed E-state index contributed by atoms with van der Waals surface area (Å²) in [6, 6.07) is 11.5. The maximum Gasteiger partial charge on any atom is 0.321 e. The molecule has 0 aliphatic carbocycles. The predicted octanol–water partition coefficient (Wildman–Crippen LogP) is 3.46. The molecule has 4 rings (SSSR count). The molecule has 1 aliphatic rings. The Hall–Kier alpha value is -3.20. The van der Waals surface area contributed by atoms with Crippen LogP contribution in [0.15, 0.2) is 47.6 Å². The van der Waals surface area contributed by atoms with Crippen molar-refractivity contribution in [2.24, 2.45) is 0 Å². The van der Waals surface area contributed by atoms with Crippen LogP contribution in [0, 0.1) is 19.7 Å². The van der Waals surface area contributed by atoms with Gasteiger partial charge in [-0.2, -0.15) is 0 Å². The molecular weight excluding hydrogens is 417 g/mol. The monoisotopic (exact) mass is 439 g/mol. The van der Waals surface area contributed by atoms with E-state index < -0.39 is 6.03 Å². The Morgan fingerprint density at radius 1 is 1.13 bits per heavy atom. The van der Waals surface area contributed by atoms with E-state index in [0.717, 1.165) is 5.69 Å². The fraction of sp³-hybridized carbons (Fsp3) is 0.273. The van der Waals surface area contributed by atoms with Crippen molar-refractivity contribution >= 4 is 23.7 Å².